The molecule has 4 rings (SSSR count). The molecule has 1 aromatic heterocycles. The summed E-state index contributed by atoms with van der Waals surface area (Å²) in [5.41, 5.74) is -1.75. The first kappa shape index (κ1) is 21.5. The molecule has 0 saturated carbocycles. The van der Waals surface area contributed by atoms with Gasteiger partial charge in [0, 0.05) is 32.1 Å². The number of carbonyl (C=O) groups excluding carboxylic acids is 1. The van der Waals surface area contributed by atoms with E-state index in [-0.39, 0.29) is 18.3 Å². The summed E-state index contributed by atoms with van der Waals surface area (Å²) in [6.45, 7) is 2.91. The zero-order valence-electron chi connectivity index (χ0n) is 15.4. The van der Waals surface area contributed by atoms with Gasteiger partial charge in [-0.05, 0) is 31.0 Å². The minimum atomic E-state index is -4.79. The van der Waals surface area contributed by atoms with Crippen molar-refractivity contribution in [1.29, 1.82) is 0 Å². The van der Waals surface area contributed by atoms with E-state index in [1.54, 1.807) is 0 Å². The Morgan fingerprint density at radius 2 is 1.86 bits per heavy atom. The van der Waals surface area contributed by atoms with E-state index >= 15 is 0 Å². The molecule has 1 saturated heterocycles. The van der Waals surface area contributed by atoms with Crippen molar-refractivity contribution in [1.82, 2.24) is 25.0 Å². The third kappa shape index (κ3) is 4.23. The maximum Gasteiger partial charge on any atom is 0.417 e. The average Bonchev–Trinajstić information content (AvgIpc) is 3.11. The van der Waals surface area contributed by atoms with Crippen molar-refractivity contribution in [2.45, 2.75) is 38.0 Å². The number of benzene rings is 1. The molecule has 1 amide bonds. The lowest BCUT2D eigenvalue weighted by Gasteiger charge is -2.32. The molecule has 0 aliphatic carbocycles. The van der Waals surface area contributed by atoms with Gasteiger partial charge in [-0.3, -0.25) is 4.79 Å². The molecule has 1 N–H and O–H groups in total. The molecule has 0 spiro atoms. The highest BCUT2D eigenvalue weighted by atomic mass is 35.5. The molecule has 2 aliphatic rings. The Labute approximate surface area is 170 Å². The molecule has 1 fully saturated rings. The second kappa shape index (κ2) is 8.27. The van der Waals surface area contributed by atoms with Crippen LogP contribution in [0.2, 0.25) is 0 Å². The highest BCUT2D eigenvalue weighted by molar-refractivity contribution is 5.96. The maximum absolute atomic E-state index is 13.3. The Morgan fingerprint density at radius 1 is 1.14 bits per heavy atom. The van der Waals surface area contributed by atoms with Gasteiger partial charge in [0.15, 0.2) is 0 Å². The first-order valence-corrected chi connectivity index (χ1v) is 9.13. The van der Waals surface area contributed by atoms with Gasteiger partial charge in [-0.1, -0.05) is 0 Å². The number of hydrogen-bond acceptors (Lipinski definition) is 4. The lowest BCUT2D eigenvalue weighted by molar-refractivity contribution is -0.138. The van der Waals surface area contributed by atoms with Crippen LogP contribution in [0.5, 0.6) is 0 Å². The molecular formula is C18H20ClF4N5O. The normalized spacial score (nSPS) is 17.6. The van der Waals surface area contributed by atoms with E-state index in [1.165, 1.54) is 4.90 Å². The summed E-state index contributed by atoms with van der Waals surface area (Å²) in [7, 11) is 0. The summed E-state index contributed by atoms with van der Waals surface area (Å²) < 4.78 is 55.0. The van der Waals surface area contributed by atoms with E-state index in [2.05, 4.69) is 20.1 Å². The second-order valence-corrected chi connectivity index (χ2v) is 7.06. The van der Waals surface area contributed by atoms with Gasteiger partial charge in [0.1, 0.15) is 17.5 Å². The molecule has 2 aromatic rings. The largest absolute Gasteiger partial charge is 0.417 e. The Bertz CT molecular complexity index is 893. The summed E-state index contributed by atoms with van der Waals surface area (Å²) in [5, 5.41) is 11.7. The molecular weight excluding hydrogens is 414 g/mol. The van der Waals surface area contributed by atoms with Crippen LogP contribution in [0.4, 0.5) is 17.6 Å². The van der Waals surface area contributed by atoms with Crippen LogP contribution in [0.15, 0.2) is 18.2 Å². The first-order chi connectivity index (χ1) is 13.3. The van der Waals surface area contributed by atoms with Gasteiger partial charge in [0.25, 0.3) is 5.91 Å². The predicted octanol–water partition coefficient (Wildman–Crippen LogP) is 2.98. The molecule has 1 aromatic carbocycles. The van der Waals surface area contributed by atoms with Gasteiger partial charge >= 0.3 is 6.18 Å². The van der Waals surface area contributed by atoms with Crippen LogP contribution in [0, 0.1) is 5.82 Å². The SMILES string of the molecule is Cl.O=C(c1ccc(F)cc1C(F)(F)F)N1CCC(c2nnc3n2CCNC3)CC1. The molecule has 0 atom stereocenters. The number of hydrogen-bond donors (Lipinski definition) is 1. The highest BCUT2D eigenvalue weighted by Crippen LogP contribution is 2.34. The molecule has 0 bridgehead atoms. The summed E-state index contributed by atoms with van der Waals surface area (Å²) in [6, 6.07) is 2.16. The average molecular weight is 434 g/mol. The zero-order chi connectivity index (χ0) is 19.9. The van der Waals surface area contributed by atoms with Gasteiger partial charge in [-0.25, -0.2) is 4.39 Å². The minimum absolute atomic E-state index is 0. The van der Waals surface area contributed by atoms with E-state index in [9.17, 15) is 22.4 Å². The van der Waals surface area contributed by atoms with Crippen LogP contribution >= 0.6 is 12.4 Å². The molecule has 0 radical (unpaired) electrons. The number of amides is 1. The van der Waals surface area contributed by atoms with Gasteiger partial charge < -0.3 is 14.8 Å². The van der Waals surface area contributed by atoms with Gasteiger partial charge in [-0.15, -0.1) is 22.6 Å². The number of piperidine rings is 1. The van der Waals surface area contributed by atoms with Gasteiger partial charge in [0.05, 0.1) is 17.7 Å². The fourth-order valence-electron chi connectivity index (χ4n) is 3.87. The van der Waals surface area contributed by atoms with Crippen LogP contribution in [-0.2, 0) is 19.3 Å². The number of nitrogens with one attached hydrogen (secondary N) is 1. The van der Waals surface area contributed by atoms with Gasteiger partial charge in [0.2, 0.25) is 0 Å². The second-order valence-electron chi connectivity index (χ2n) is 7.06. The number of rotatable bonds is 2. The monoisotopic (exact) mass is 433 g/mol. The van der Waals surface area contributed by atoms with E-state index in [1.807, 2.05) is 0 Å². The van der Waals surface area contributed by atoms with Crippen molar-refractivity contribution >= 4 is 18.3 Å². The quantitative estimate of drug-likeness (QED) is 0.740. The van der Waals surface area contributed by atoms with Crippen molar-refractivity contribution in [2.24, 2.45) is 0 Å². The van der Waals surface area contributed by atoms with Crippen LogP contribution < -0.4 is 5.32 Å². The molecule has 2 aliphatic heterocycles. The third-order valence-corrected chi connectivity index (χ3v) is 5.32. The molecule has 29 heavy (non-hydrogen) atoms. The fourth-order valence-corrected chi connectivity index (χ4v) is 3.87. The third-order valence-electron chi connectivity index (χ3n) is 5.32. The lowest BCUT2D eigenvalue weighted by Crippen LogP contribution is -2.39. The number of alkyl halides is 3. The zero-order valence-corrected chi connectivity index (χ0v) is 16.2. The summed E-state index contributed by atoms with van der Waals surface area (Å²) >= 11 is 0. The summed E-state index contributed by atoms with van der Waals surface area (Å²) in [5.74, 6) is 0.118. The Morgan fingerprint density at radius 3 is 2.55 bits per heavy atom. The Hall–Kier alpha value is -2.20. The maximum atomic E-state index is 13.3. The molecule has 0 unspecified atom stereocenters. The van der Waals surface area contributed by atoms with Crippen LogP contribution in [-0.4, -0.2) is 45.2 Å². The summed E-state index contributed by atoms with van der Waals surface area (Å²) in [4.78, 5) is 14.1. The standard InChI is InChI=1S/C18H19F4N5O.ClH/c19-12-1-2-13(14(9-12)18(20,21)22)17(28)26-6-3-11(4-7-26)16-25-24-15-10-23-5-8-27(15)16;/h1-2,9,11,23H,3-8,10H2;1H. The molecule has 158 valence electrons. The molecule has 11 heteroatoms. The van der Waals surface area contributed by atoms with Crippen LogP contribution in [0.1, 0.15) is 46.3 Å². The fraction of sp³-hybridized carbons (Fsp3) is 0.500. The predicted molar refractivity (Wildman–Crippen MR) is 98.3 cm³/mol. The van der Waals surface area contributed by atoms with Gasteiger partial charge in [-0.2, -0.15) is 13.2 Å². The smallest absolute Gasteiger partial charge is 0.339 e. The van der Waals surface area contributed by atoms with Crippen molar-refractivity contribution in [2.75, 3.05) is 19.6 Å². The van der Waals surface area contributed by atoms with Crippen LogP contribution in [0.25, 0.3) is 0 Å². The molecule has 6 nitrogen and oxygen atoms in total. The lowest BCUT2D eigenvalue weighted by atomic mass is 9.94. The first-order valence-electron chi connectivity index (χ1n) is 9.13. The van der Waals surface area contributed by atoms with E-state index in [0.717, 1.165) is 36.9 Å². The van der Waals surface area contributed by atoms with Crippen molar-refractivity contribution in [3.05, 3.63) is 46.8 Å². The Kier molecular flexibility index (Phi) is 6.13. The van der Waals surface area contributed by atoms with E-state index in [0.29, 0.717) is 38.5 Å². The highest BCUT2D eigenvalue weighted by Gasteiger charge is 2.37. The molecule has 3 heterocycles. The van der Waals surface area contributed by atoms with Crippen molar-refractivity contribution in [3.63, 3.8) is 0 Å². The number of fused-ring (bicyclic) bond motifs is 1. The topological polar surface area (TPSA) is 63.1 Å². The number of nitrogens with zero attached hydrogens (tertiary/aromatic N) is 4. The van der Waals surface area contributed by atoms with E-state index < -0.39 is 29.0 Å². The number of halogens is 5. The van der Waals surface area contributed by atoms with Crippen molar-refractivity contribution < 1.29 is 22.4 Å². The number of likely N-dealkylation sites (tertiary alicyclic amines) is 1. The minimum Gasteiger partial charge on any atom is -0.339 e. The summed E-state index contributed by atoms with van der Waals surface area (Å²) in [6.07, 6.45) is -3.60. The number of aromatic nitrogens is 3. The Balaban J connectivity index is 0.00000240. The van der Waals surface area contributed by atoms with E-state index in [4.69, 9.17) is 0 Å². The van der Waals surface area contributed by atoms with Crippen molar-refractivity contribution in [3.8, 4) is 0 Å². The van der Waals surface area contributed by atoms with Crippen LogP contribution in [0.3, 0.4) is 0 Å². The number of carbonyl (C=O) groups is 1.